The molecule has 20 heavy (non-hydrogen) atoms. The van der Waals surface area contributed by atoms with Crippen LogP contribution in [0.25, 0.3) is 0 Å². The number of H-pyrrole nitrogens is 1. The van der Waals surface area contributed by atoms with Crippen molar-refractivity contribution in [1.29, 1.82) is 0 Å². The van der Waals surface area contributed by atoms with Crippen LogP contribution in [0.2, 0.25) is 0 Å². The van der Waals surface area contributed by atoms with Gasteiger partial charge in [-0.15, -0.1) is 0 Å². The average Bonchev–Trinajstić information content (AvgIpc) is 2.36. The standard InChI is InChI=1S/C14H20N2O4/c1-9-8-10(2)15-13(18)12(9)14(19)16(3)7-5-6-11(17)20-4/h8H,5-7H2,1-4H3,(H,15,18). The number of carbonyl (C=O) groups excluding carboxylic acids is 2. The number of ether oxygens (including phenoxy) is 1. The molecular formula is C14H20N2O4. The van der Waals surface area contributed by atoms with Gasteiger partial charge in [0.25, 0.3) is 11.5 Å². The molecule has 0 saturated heterocycles. The van der Waals surface area contributed by atoms with E-state index in [1.807, 2.05) is 0 Å². The first-order valence-corrected chi connectivity index (χ1v) is 6.39. The van der Waals surface area contributed by atoms with Crippen molar-refractivity contribution in [2.45, 2.75) is 26.7 Å². The van der Waals surface area contributed by atoms with Crippen LogP contribution in [0.4, 0.5) is 0 Å². The summed E-state index contributed by atoms with van der Waals surface area (Å²) in [4.78, 5) is 39.2. The summed E-state index contributed by atoms with van der Waals surface area (Å²) in [6.07, 6.45) is 0.745. The zero-order valence-electron chi connectivity index (χ0n) is 12.3. The summed E-state index contributed by atoms with van der Waals surface area (Å²) in [5, 5.41) is 0. The van der Waals surface area contributed by atoms with Gasteiger partial charge >= 0.3 is 5.97 Å². The summed E-state index contributed by atoms with van der Waals surface area (Å²) in [5.74, 6) is -0.649. The quantitative estimate of drug-likeness (QED) is 0.817. The highest BCUT2D eigenvalue weighted by Crippen LogP contribution is 2.07. The molecule has 0 unspecified atom stereocenters. The first kappa shape index (κ1) is 15.9. The van der Waals surface area contributed by atoms with Crippen LogP contribution in [0.3, 0.4) is 0 Å². The summed E-state index contributed by atoms with van der Waals surface area (Å²) in [6, 6.07) is 1.76. The third kappa shape index (κ3) is 3.94. The predicted molar refractivity (Wildman–Crippen MR) is 74.7 cm³/mol. The number of hydrogen-bond donors (Lipinski definition) is 1. The van der Waals surface area contributed by atoms with Gasteiger partial charge in [-0.2, -0.15) is 0 Å². The van der Waals surface area contributed by atoms with Crippen molar-refractivity contribution in [1.82, 2.24) is 9.88 Å². The number of esters is 1. The van der Waals surface area contributed by atoms with Gasteiger partial charge in [-0.1, -0.05) is 0 Å². The molecule has 6 heteroatoms. The lowest BCUT2D eigenvalue weighted by Gasteiger charge is -2.17. The normalized spacial score (nSPS) is 10.2. The van der Waals surface area contributed by atoms with Gasteiger partial charge in [-0.3, -0.25) is 14.4 Å². The van der Waals surface area contributed by atoms with Crippen molar-refractivity contribution in [2.75, 3.05) is 20.7 Å². The Kier molecular flexibility index (Phi) is 5.49. The third-order valence-electron chi connectivity index (χ3n) is 3.03. The van der Waals surface area contributed by atoms with Gasteiger partial charge in [0.15, 0.2) is 0 Å². The summed E-state index contributed by atoms with van der Waals surface area (Å²) >= 11 is 0. The number of aryl methyl sites for hydroxylation is 2. The van der Waals surface area contributed by atoms with Crippen molar-refractivity contribution < 1.29 is 14.3 Å². The molecule has 1 aromatic rings. The number of pyridine rings is 1. The minimum absolute atomic E-state index is 0.149. The lowest BCUT2D eigenvalue weighted by atomic mass is 10.1. The van der Waals surface area contributed by atoms with E-state index in [-0.39, 0.29) is 29.4 Å². The number of nitrogens with zero attached hydrogens (tertiary/aromatic N) is 1. The van der Waals surface area contributed by atoms with E-state index < -0.39 is 0 Å². The average molecular weight is 280 g/mol. The zero-order valence-corrected chi connectivity index (χ0v) is 12.3. The first-order valence-electron chi connectivity index (χ1n) is 6.39. The molecule has 0 aromatic carbocycles. The van der Waals surface area contributed by atoms with Crippen LogP contribution in [0.5, 0.6) is 0 Å². The Morgan fingerprint density at radius 1 is 1.35 bits per heavy atom. The molecule has 0 bridgehead atoms. The predicted octanol–water partition coefficient (Wildman–Crippen LogP) is 1.02. The number of amides is 1. The minimum Gasteiger partial charge on any atom is -0.469 e. The number of aromatic amines is 1. The number of methoxy groups -OCH3 is 1. The molecule has 1 amide bonds. The van der Waals surface area contributed by atoms with Crippen LogP contribution < -0.4 is 5.56 Å². The molecule has 1 heterocycles. The molecular weight excluding hydrogens is 260 g/mol. The minimum atomic E-state index is -0.382. The van der Waals surface area contributed by atoms with Crippen LogP contribution in [0, 0.1) is 13.8 Å². The van der Waals surface area contributed by atoms with Crippen LogP contribution in [-0.2, 0) is 9.53 Å². The topological polar surface area (TPSA) is 79.5 Å². The van der Waals surface area contributed by atoms with E-state index in [0.29, 0.717) is 18.5 Å². The summed E-state index contributed by atoms with van der Waals surface area (Å²) in [6.45, 7) is 3.89. The monoisotopic (exact) mass is 280 g/mol. The van der Waals surface area contributed by atoms with Gasteiger partial charge in [0.2, 0.25) is 0 Å². The Bertz CT molecular complexity index is 563. The van der Waals surface area contributed by atoms with Crippen molar-refractivity contribution in [2.24, 2.45) is 0 Å². The Hall–Kier alpha value is -2.11. The number of hydrogen-bond acceptors (Lipinski definition) is 4. The highest BCUT2D eigenvalue weighted by molar-refractivity contribution is 5.95. The molecule has 0 fully saturated rings. The van der Waals surface area contributed by atoms with Gasteiger partial charge in [-0.25, -0.2) is 0 Å². The van der Waals surface area contributed by atoms with E-state index in [0.717, 1.165) is 5.69 Å². The smallest absolute Gasteiger partial charge is 0.305 e. The Balaban J connectivity index is 2.75. The first-order chi connectivity index (χ1) is 9.36. The largest absolute Gasteiger partial charge is 0.469 e. The van der Waals surface area contributed by atoms with Crippen molar-refractivity contribution >= 4 is 11.9 Å². The highest BCUT2D eigenvalue weighted by atomic mass is 16.5. The molecule has 0 aliphatic rings. The number of rotatable bonds is 5. The second kappa shape index (κ2) is 6.88. The van der Waals surface area contributed by atoms with E-state index >= 15 is 0 Å². The summed E-state index contributed by atoms with van der Waals surface area (Å²) < 4.78 is 4.53. The maximum atomic E-state index is 12.2. The van der Waals surface area contributed by atoms with E-state index in [1.165, 1.54) is 12.0 Å². The molecule has 0 radical (unpaired) electrons. The molecule has 0 saturated carbocycles. The lowest BCUT2D eigenvalue weighted by molar-refractivity contribution is -0.140. The van der Waals surface area contributed by atoms with Crippen molar-refractivity contribution in [3.63, 3.8) is 0 Å². The highest BCUT2D eigenvalue weighted by Gasteiger charge is 2.18. The van der Waals surface area contributed by atoms with E-state index in [9.17, 15) is 14.4 Å². The van der Waals surface area contributed by atoms with Crippen LogP contribution in [0.15, 0.2) is 10.9 Å². The van der Waals surface area contributed by atoms with Gasteiger partial charge in [0, 0.05) is 25.7 Å². The summed E-state index contributed by atoms with van der Waals surface area (Å²) in [5.41, 5.74) is 1.14. The molecule has 1 rings (SSSR count). The Labute approximate surface area is 117 Å². The Morgan fingerprint density at radius 3 is 2.55 bits per heavy atom. The van der Waals surface area contributed by atoms with Gasteiger partial charge in [0.1, 0.15) is 5.56 Å². The van der Waals surface area contributed by atoms with Gasteiger partial charge in [-0.05, 0) is 31.9 Å². The molecule has 1 N–H and O–H groups in total. The number of nitrogens with one attached hydrogen (secondary N) is 1. The Morgan fingerprint density at radius 2 is 2.00 bits per heavy atom. The molecule has 110 valence electrons. The molecule has 1 aromatic heterocycles. The number of aromatic nitrogens is 1. The van der Waals surface area contributed by atoms with Crippen molar-refractivity contribution in [3.8, 4) is 0 Å². The van der Waals surface area contributed by atoms with Gasteiger partial charge < -0.3 is 14.6 Å². The second-order valence-electron chi connectivity index (χ2n) is 4.75. The number of carbonyl (C=O) groups is 2. The molecule has 0 spiro atoms. The van der Waals surface area contributed by atoms with E-state index in [4.69, 9.17) is 0 Å². The third-order valence-corrected chi connectivity index (χ3v) is 3.03. The fourth-order valence-electron chi connectivity index (χ4n) is 1.97. The van der Waals surface area contributed by atoms with E-state index in [2.05, 4.69) is 9.72 Å². The molecule has 0 aliphatic carbocycles. The van der Waals surface area contributed by atoms with Crippen LogP contribution in [-0.4, -0.2) is 42.5 Å². The van der Waals surface area contributed by atoms with Crippen LogP contribution >= 0.6 is 0 Å². The summed E-state index contributed by atoms with van der Waals surface area (Å²) in [7, 11) is 2.94. The van der Waals surface area contributed by atoms with Crippen molar-refractivity contribution in [3.05, 3.63) is 33.2 Å². The SMILES string of the molecule is COC(=O)CCCN(C)C(=O)c1c(C)cc(C)[nH]c1=O. The van der Waals surface area contributed by atoms with Crippen LogP contribution in [0.1, 0.15) is 34.5 Å². The molecule has 0 aliphatic heterocycles. The maximum absolute atomic E-state index is 12.2. The molecule has 0 atom stereocenters. The molecule has 6 nitrogen and oxygen atoms in total. The van der Waals surface area contributed by atoms with Gasteiger partial charge in [0.05, 0.1) is 7.11 Å². The fourth-order valence-corrected chi connectivity index (χ4v) is 1.97. The zero-order chi connectivity index (χ0) is 15.3. The maximum Gasteiger partial charge on any atom is 0.305 e. The fraction of sp³-hybridized carbons (Fsp3) is 0.500. The lowest BCUT2D eigenvalue weighted by Crippen LogP contribution is -2.33. The second-order valence-corrected chi connectivity index (χ2v) is 4.75. The van der Waals surface area contributed by atoms with E-state index in [1.54, 1.807) is 27.0 Å².